The van der Waals surface area contributed by atoms with Crippen molar-refractivity contribution < 1.29 is 27.1 Å². The summed E-state index contributed by atoms with van der Waals surface area (Å²) < 4.78 is 56.7. The highest BCUT2D eigenvalue weighted by molar-refractivity contribution is 6.31. The molecular weight excluding hydrogens is 442 g/mol. The number of nitrogens with zero attached hydrogens (tertiary/aromatic N) is 4. The van der Waals surface area contributed by atoms with Crippen LogP contribution in [0.15, 0.2) is 30.7 Å². The number of hydrogen-bond donors (Lipinski definition) is 1. The van der Waals surface area contributed by atoms with Crippen LogP contribution in [0.25, 0.3) is 10.9 Å². The standard InChI is InChI=1S/C19H16ClF4N5O2/c20-13-5-10(6-26-17(13)31-9-19(23,24)18(21)22)7-29-8-12-14(28-29)3-4-25-15(12)27-16(30)11-1-2-11/h3-6,8,11,18H,1-2,7,9H2,(H,25,27,30). The van der Waals surface area contributed by atoms with E-state index in [0.29, 0.717) is 22.3 Å². The summed E-state index contributed by atoms with van der Waals surface area (Å²) in [5.74, 6) is -4.30. The van der Waals surface area contributed by atoms with E-state index in [4.69, 9.17) is 11.6 Å². The van der Waals surface area contributed by atoms with Crippen molar-refractivity contribution in [3.63, 3.8) is 0 Å². The van der Waals surface area contributed by atoms with Gasteiger partial charge in [-0.25, -0.2) is 18.7 Å². The van der Waals surface area contributed by atoms with Crippen molar-refractivity contribution in [2.45, 2.75) is 31.7 Å². The molecule has 1 fully saturated rings. The smallest absolute Gasteiger partial charge is 0.340 e. The average molecular weight is 458 g/mol. The molecule has 1 saturated carbocycles. The van der Waals surface area contributed by atoms with Gasteiger partial charge in [0.15, 0.2) is 6.61 Å². The van der Waals surface area contributed by atoms with E-state index in [1.807, 2.05) is 0 Å². The van der Waals surface area contributed by atoms with Crippen LogP contribution in [0.5, 0.6) is 5.88 Å². The summed E-state index contributed by atoms with van der Waals surface area (Å²) in [5, 5.41) is 7.78. The van der Waals surface area contributed by atoms with E-state index in [0.717, 1.165) is 12.8 Å². The quantitative estimate of drug-likeness (QED) is 0.514. The number of fused-ring (bicyclic) bond motifs is 1. The molecule has 0 bridgehead atoms. The van der Waals surface area contributed by atoms with Crippen LogP contribution in [-0.4, -0.2) is 44.6 Å². The summed E-state index contributed by atoms with van der Waals surface area (Å²) in [7, 11) is 0. The Morgan fingerprint density at radius 1 is 1.35 bits per heavy atom. The molecule has 3 aromatic rings. The number of carbonyl (C=O) groups excluding carboxylic acids is 1. The van der Waals surface area contributed by atoms with Gasteiger partial charge in [-0.1, -0.05) is 11.6 Å². The highest BCUT2D eigenvalue weighted by Crippen LogP contribution is 2.31. The summed E-state index contributed by atoms with van der Waals surface area (Å²) in [6.45, 7) is -1.31. The highest BCUT2D eigenvalue weighted by Gasteiger charge is 2.42. The van der Waals surface area contributed by atoms with E-state index >= 15 is 0 Å². The maximum atomic E-state index is 13.0. The lowest BCUT2D eigenvalue weighted by molar-refractivity contribution is -0.148. The number of rotatable bonds is 8. The molecule has 31 heavy (non-hydrogen) atoms. The van der Waals surface area contributed by atoms with Crippen LogP contribution in [0.3, 0.4) is 0 Å². The van der Waals surface area contributed by atoms with Gasteiger partial charge >= 0.3 is 12.3 Å². The predicted molar refractivity (Wildman–Crippen MR) is 104 cm³/mol. The Morgan fingerprint density at radius 3 is 2.81 bits per heavy atom. The van der Waals surface area contributed by atoms with Crippen molar-refractivity contribution in [2.24, 2.45) is 5.92 Å². The van der Waals surface area contributed by atoms with Crippen molar-refractivity contribution >= 4 is 34.2 Å². The van der Waals surface area contributed by atoms with Crippen LogP contribution in [-0.2, 0) is 11.3 Å². The molecule has 0 atom stereocenters. The minimum absolute atomic E-state index is 0.0293. The number of pyridine rings is 2. The van der Waals surface area contributed by atoms with Gasteiger partial charge in [-0.2, -0.15) is 13.9 Å². The molecule has 164 valence electrons. The molecule has 1 amide bonds. The number of ether oxygens (including phenoxy) is 1. The van der Waals surface area contributed by atoms with Gasteiger partial charge in [0.25, 0.3) is 0 Å². The van der Waals surface area contributed by atoms with E-state index in [1.165, 1.54) is 12.3 Å². The zero-order valence-electron chi connectivity index (χ0n) is 15.9. The first-order valence-electron chi connectivity index (χ1n) is 9.29. The molecule has 4 rings (SSSR count). The van der Waals surface area contributed by atoms with E-state index in [2.05, 4.69) is 25.1 Å². The average Bonchev–Trinajstić information content (AvgIpc) is 3.48. The van der Waals surface area contributed by atoms with Gasteiger partial charge in [-0.3, -0.25) is 9.48 Å². The first-order valence-corrected chi connectivity index (χ1v) is 9.67. The second kappa shape index (κ2) is 8.29. The van der Waals surface area contributed by atoms with Gasteiger partial charge in [-0.15, -0.1) is 0 Å². The predicted octanol–water partition coefficient (Wildman–Crippen LogP) is 4.16. The highest BCUT2D eigenvalue weighted by atomic mass is 35.5. The minimum Gasteiger partial charge on any atom is -0.470 e. The zero-order valence-corrected chi connectivity index (χ0v) is 16.6. The molecule has 1 aliphatic rings. The van der Waals surface area contributed by atoms with Gasteiger partial charge in [0.05, 0.1) is 17.4 Å². The first kappa shape index (κ1) is 21.3. The van der Waals surface area contributed by atoms with Crippen molar-refractivity contribution in [3.05, 3.63) is 41.3 Å². The Labute approximate surface area is 178 Å². The molecular formula is C19H16ClF4N5O2. The Kier molecular flexibility index (Phi) is 5.69. The molecule has 1 aliphatic carbocycles. The fourth-order valence-electron chi connectivity index (χ4n) is 2.81. The number of alkyl halides is 4. The topological polar surface area (TPSA) is 81.9 Å². The van der Waals surface area contributed by atoms with Crippen LogP contribution < -0.4 is 10.1 Å². The summed E-state index contributed by atoms with van der Waals surface area (Å²) in [4.78, 5) is 20.1. The number of amides is 1. The molecule has 0 saturated heterocycles. The Bertz CT molecular complexity index is 1120. The van der Waals surface area contributed by atoms with Crippen molar-refractivity contribution in [1.82, 2.24) is 19.7 Å². The lowest BCUT2D eigenvalue weighted by Gasteiger charge is -2.16. The molecule has 0 radical (unpaired) electrons. The molecule has 1 N–H and O–H groups in total. The first-order chi connectivity index (χ1) is 14.7. The monoisotopic (exact) mass is 457 g/mol. The fourth-order valence-corrected chi connectivity index (χ4v) is 3.05. The van der Waals surface area contributed by atoms with Crippen LogP contribution in [0.2, 0.25) is 5.02 Å². The SMILES string of the molecule is O=C(Nc1nccc2nn(Cc3cnc(OCC(F)(F)C(F)F)c(Cl)c3)cc12)C1CC1. The van der Waals surface area contributed by atoms with Gasteiger partial charge in [0.1, 0.15) is 10.8 Å². The molecule has 0 aromatic carbocycles. The summed E-state index contributed by atoms with van der Waals surface area (Å²) in [5.41, 5.74) is 1.19. The normalized spacial score (nSPS) is 14.3. The molecule has 0 spiro atoms. The van der Waals surface area contributed by atoms with Crippen molar-refractivity contribution in [3.8, 4) is 5.88 Å². The summed E-state index contributed by atoms with van der Waals surface area (Å²) in [6.07, 6.45) is 2.45. The lowest BCUT2D eigenvalue weighted by Crippen LogP contribution is -2.34. The number of halogens is 5. The van der Waals surface area contributed by atoms with Gasteiger partial charge in [0, 0.05) is 24.5 Å². The van der Waals surface area contributed by atoms with Crippen LogP contribution >= 0.6 is 11.6 Å². The fraction of sp³-hybridized carbons (Fsp3) is 0.368. The second-order valence-electron chi connectivity index (χ2n) is 7.16. The van der Waals surface area contributed by atoms with Gasteiger partial charge in [-0.05, 0) is 30.5 Å². The van der Waals surface area contributed by atoms with E-state index < -0.39 is 19.0 Å². The number of carbonyl (C=O) groups is 1. The third kappa shape index (κ3) is 4.87. The maximum absolute atomic E-state index is 13.0. The number of anilines is 1. The number of nitrogens with one attached hydrogen (secondary N) is 1. The van der Waals surface area contributed by atoms with E-state index in [1.54, 1.807) is 23.1 Å². The molecule has 0 aliphatic heterocycles. The summed E-state index contributed by atoms with van der Waals surface area (Å²) in [6, 6.07) is 3.12. The van der Waals surface area contributed by atoms with Crippen molar-refractivity contribution in [2.75, 3.05) is 11.9 Å². The minimum atomic E-state index is -4.31. The molecule has 12 heteroatoms. The summed E-state index contributed by atoms with van der Waals surface area (Å²) >= 11 is 5.99. The van der Waals surface area contributed by atoms with E-state index in [9.17, 15) is 22.4 Å². The molecule has 3 aromatic heterocycles. The van der Waals surface area contributed by atoms with Crippen LogP contribution in [0.1, 0.15) is 18.4 Å². The van der Waals surface area contributed by atoms with Crippen LogP contribution in [0, 0.1) is 5.92 Å². The lowest BCUT2D eigenvalue weighted by atomic mass is 10.3. The third-order valence-electron chi connectivity index (χ3n) is 4.60. The Morgan fingerprint density at radius 2 is 2.13 bits per heavy atom. The van der Waals surface area contributed by atoms with Crippen LogP contribution in [0.4, 0.5) is 23.4 Å². The largest absolute Gasteiger partial charge is 0.470 e. The van der Waals surface area contributed by atoms with E-state index in [-0.39, 0.29) is 29.3 Å². The van der Waals surface area contributed by atoms with Gasteiger partial charge < -0.3 is 10.1 Å². The Hall–Kier alpha value is -2.95. The third-order valence-corrected chi connectivity index (χ3v) is 4.87. The maximum Gasteiger partial charge on any atom is 0.340 e. The molecule has 0 unspecified atom stereocenters. The number of hydrogen-bond acceptors (Lipinski definition) is 5. The molecule has 7 nitrogen and oxygen atoms in total. The molecule has 3 heterocycles. The van der Waals surface area contributed by atoms with Crippen molar-refractivity contribution in [1.29, 1.82) is 0 Å². The second-order valence-corrected chi connectivity index (χ2v) is 7.57. The zero-order chi connectivity index (χ0) is 22.2. The number of aromatic nitrogens is 4. The van der Waals surface area contributed by atoms with Gasteiger partial charge in [0.2, 0.25) is 11.8 Å². The Balaban J connectivity index is 1.47.